The second-order valence-corrected chi connectivity index (χ2v) is 4.72. The predicted molar refractivity (Wildman–Crippen MR) is 66.4 cm³/mol. The first-order chi connectivity index (χ1) is 6.99. The van der Waals surface area contributed by atoms with Gasteiger partial charge < -0.3 is 10.6 Å². The lowest BCUT2D eigenvalue weighted by atomic mass is 10.0. The molecule has 3 heteroatoms. The van der Waals surface area contributed by atoms with E-state index in [1.807, 2.05) is 33.2 Å². The first kappa shape index (κ1) is 12.5. The summed E-state index contributed by atoms with van der Waals surface area (Å²) in [6.07, 6.45) is 0.899. The Labute approximate surface area is 97.0 Å². The number of benzene rings is 1. The van der Waals surface area contributed by atoms with Gasteiger partial charge in [0.25, 0.3) is 0 Å². The highest BCUT2D eigenvalue weighted by atomic mass is 35.5. The molecule has 1 aromatic carbocycles. The van der Waals surface area contributed by atoms with Crippen LogP contribution in [0.5, 0.6) is 0 Å². The SMILES string of the molecule is Cc1cc(CC(N)CN(C)C)ccc1Cl. The summed E-state index contributed by atoms with van der Waals surface area (Å²) in [7, 11) is 4.07. The molecule has 0 aromatic heterocycles. The van der Waals surface area contributed by atoms with Crippen LogP contribution in [0.15, 0.2) is 18.2 Å². The standard InChI is InChI=1S/C12H19ClN2/c1-9-6-10(4-5-12(9)13)7-11(14)8-15(2)3/h4-6,11H,7-8,14H2,1-3H3. The van der Waals surface area contributed by atoms with Crippen molar-refractivity contribution in [3.63, 3.8) is 0 Å². The number of hydrogen-bond acceptors (Lipinski definition) is 2. The van der Waals surface area contributed by atoms with Gasteiger partial charge in [-0.15, -0.1) is 0 Å². The van der Waals surface area contributed by atoms with E-state index in [1.54, 1.807) is 0 Å². The third-order valence-corrected chi connectivity index (χ3v) is 2.74. The Bertz CT molecular complexity index is 323. The monoisotopic (exact) mass is 226 g/mol. The van der Waals surface area contributed by atoms with Crippen molar-refractivity contribution in [1.82, 2.24) is 4.90 Å². The van der Waals surface area contributed by atoms with E-state index in [0.29, 0.717) is 0 Å². The summed E-state index contributed by atoms with van der Waals surface area (Å²) < 4.78 is 0. The van der Waals surface area contributed by atoms with Gasteiger partial charge in [-0.25, -0.2) is 0 Å². The Morgan fingerprint density at radius 3 is 2.60 bits per heavy atom. The van der Waals surface area contributed by atoms with Crippen molar-refractivity contribution in [3.8, 4) is 0 Å². The molecule has 1 unspecified atom stereocenters. The number of nitrogens with zero attached hydrogens (tertiary/aromatic N) is 1. The molecule has 2 nitrogen and oxygen atoms in total. The van der Waals surface area contributed by atoms with Crippen LogP contribution in [0.25, 0.3) is 0 Å². The molecule has 0 spiro atoms. The Balaban J connectivity index is 2.60. The molecule has 1 aromatic rings. The molecule has 0 heterocycles. The molecule has 2 N–H and O–H groups in total. The van der Waals surface area contributed by atoms with Gasteiger partial charge in [0.1, 0.15) is 0 Å². The molecule has 1 rings (SSSR count). The van der Waals surface area contributed by atoms with Crippen molar-refractivity contribution >= 4 is 11.6 Å². The molecule has 0 radical (unpaired) electrons. The number of hydrogen-bond donors (Lipinski definition) is 1. The minimum atomic E-state index is 0.181. The van der Waals surface area contributed by atoms with Crippen molar-refractivity contribution in [3.05, 3.63) is 34.3 Å². The van der Waals surface area contributed by atoms with Crippen LogP contribution >= 0.6 is 11.6 Å². The zero-order chi connectivity index (χ0) is 11.4. The van der Waals surface area contributed by atoms with Gasteiger partial charge in [0.15, 0.2) is 0 Å². The fourth-order valence-corrected chi connectivity index (χ4v) is 1.79. The van der Waals surface area contributed by atoms with Crippen LogP contribution in [0.4, 0.5) is 0 Å². The zero-order valence-electron chi connectivity index (χ0n) is 9.63. The largest absolute Gasteiger partial charge is 0.326 e. The zero-order valence-corrected chi connectivity index (χ0v) is 10.4. The molecule has 0 aliphatic carbocycles. The summed E-state index contributed by atoms with van der Waals surface area (Å²) in [6.45, 7) is 2.92. The summed E-state index contributed by atoms with van der Waals surface area (Å²) >= 11 is 5.96. The lowest BCUT2D eigenvalue weighted by Gasteiger charge is -2.17. The molecule has 0 amide bonds. The van der Waals surface area contributed by atoms with E-state index < -0.39 is 0 Å². The van der Waals surface area contributed by atoms with Gasteiger partial charge in [-0.3, -0.25) is 0 Å². The molecule has 0 bridgehead atoms. The molecule has 84 valence electrons. The average Bonchev–Trinajstić information content (AvgIpc) is 2.10. The van der Waals surface area contributed by atoms with E-state index in [4.69, 9.17) is 17.3 Å². The van der Waals surface area contributed by atoms with Gasteiger partial charge in [-0.1, -0.05) is 23.7 Å². The maximum absolute atomic E-state index is 6.02. The summed E-state index contributed by atoms with van der Waals surface area (Å²) in [6, 6.07) is 6.28. The Hall–Kier alpha value is -0.570. The van der Waals surface area contributed by atoms with Crippen molar-refractivity contribution < 1.29 is 0 Å². The lowest BCUT2D eigenvalue weighted by molar-refractivity contribution is 0.371. The number of likely N-dealkylation sites (N-methyl/N-ethyl adjacent to an activating group) is 1. The maximum atomic E-state index is 6.02. The third kappa shape index (κ3) is 4.20. The maximum Gasteiger partial charge on any atom is 0.0435 e. The van der Waals surface area contributed by atoms with Crippen LogP contribution in [-0.2, 0) is 6.42 Å². The molecular formula is C12H19ClN2. The highest BCUT2D eigenvalue weighted by Crippen LogP contribution is 2.17. The number of halogens is 1. The summed E-state index contributed by atoms with van der Waals surface area (Å²) in [5.74, 6) is 0. The fraction of sp³-hybridized carbons (Fsp3) is 0.500. The molecule has 0 saturated heterocycles. The van der Waals surface area contributed by atoms with E-state index in [-0.39, 0.29) is 6.04 Å². The Kier molecular flexibility index (Phi) is 4.58. The predicted octanol–water partition coefficient (Wildman–Crippen LogP) is 2.08. The summed E-state index contributed by atoms with van der Waals surface area (Å²) in [5, 5.41) is 0.819. The Morgan fingerprint density at radius 2 is 2.07 bits per heavy atom. The molecule has 0 aliphatic rings. The van der Waals surface area contributed by atoms with Gasteiger partial charge in [-0.2, -0.15) is 0 Å². The van der Waals surface area contributed by atoms with Gasteiger partial charge in [-0.05, 0) is 44.6 Å². The molecule has 0 aliphatic heterocycles. The van der Waals surface area contributed by atoms with Crippen LogP contribution in [0, 0.1) is 6.92 Å². The number of nitrogens with two attached hydrogens (primary N) is 1. The van der Waals surface area contributed by atoms with Gasteiger partial charge in [0.2, 0.25) is 0 Å². The van der Waals surface area contributed by atoms with E-state index >= 15 is 0 Å². The molecular weight excluding hydrogens is 208 g/mol. The van der Waals surface area contributed by atoms with Crippen LogP contribution in [-0.4, -0.2) is 31.6 Å². The molecule has 0 saturated carbocycles. The van der Waals surface area contributed by atoms with E-state index in [0.717, 1.165) is 23.6 Å². The highest BCUT2D eigenvalue weighted by Gasteiger charge is 2.06. The van der Waals surface area contributed by atoms with E-state index in [9.17, 15) is 0 Å². The van der Waals surface area contributed by atoms with Crippen molar-refractivity contribution in [2.45, 2.75) is 19.4 Å². The van der Waals surface area contributed by atoms with E-state index in [2.05, 4.69) is 11.0 Å². The number of aryl methyl sites for hydroxylation is 1. The van der Waals surface area contributed by atoms with Gasteiger partial charge in [0, 0.05) is 17.6 Å². The van der Waals surface area contributed by atoms with Crippen molar-refractivity contribution in [1.29, 1.82) is 0 Å². The van der Waals surface area contributed by atoms with Crippen LogP contribution in [0.1, 0.15) is 11.1 Å². The second-order valence-electron chi connectivity index (χ2n) is 4.31. The minimum absolute atomic E-state index is 0.181. The van der Waals surface area contributed by atoms with Gasteiger partial charge >= 0.3 is 0 Å². The summed E-state index contributed by atoms with van der Waals surface area (Å²) in [5.41, 5.74) is 8.39. The second kappa shape index (κ2) is 5.50. The topological polar surface area (TPSA) is 29.3 Å². The smallest absolute Gasteiger partial charge is 0.0435 e. The lowest BCUT2D eigenvalue weighted by Crippen LogP contribution is -2.34. The van der Waals surface area contributed by atoms with Crippen LogP contribution in [0.3, 0.4) is 0 Å². The minimum Gasteiger partial charge on any atom is -0.326 e. The normalized spacial score (nSPS) is 13.2. The van der Waals surface area contributed by atoms with Crippen molar-refractivity contribution in [2.24, 2.45) is 5.73 Å². The van der Waals surface area contributed by atoms with Crippen LogP contribution < -0.4 is 5.73 Å². The molecule has 1 atom stereocenters. The van der Waals surface area contributed by atoms with Gasteiger partial charge in [0.05, 0.1) is 0 Å². The summed E-state index contributed by atoms with van der Waals surface area (Å²) in [4.78, 5) is 2.10. The van der Waals surface area contributed by atoms with Crippen molar-refractivity contribution in [2.75, 3.05) is 20.6 Å². The Morgan fingerprint density at radius 1 is 1.40 bits per heavy atom. The molecule has 15 heavy (non-hydrogen) atoms. The highest BCUT2D eigenvalue weighted by molar-refractivity contribution is 6.31. The number of rotatable bonds is 4. The first-order valence-corrected chi connectivity index (χ1v) is 5.52. The fourth-order valence-electron chi connectivity index (χ4n) is 1.67. The van der Waals surface area contributed by atoms with E-state index in [1.165, 1.54) is 5.56 Å². The first-order valence-electron chi connectivity index (χ1n) is 5.14. The van der Waals surface area contributed by atoms with Crippen LogP contribution in [0.2, 0.25) is 5.02 Å². The average molecular weight is 227 g/mol. The third-order valence-electron chi connectivity index (χ3n) is 2.32. The molecule has 0 fully saturated rings. The quantitative estimate of drug-likeness (QED) is 0.852.